The molecule has 33 valence electrons. The van der Waals surface area contributed by atoms with Crippen LogP contribution < -0.4 is 11.5 Å². The average molecular weight is 124 g/mol. The average Bonchev–Trinajstić information content (AvgIpc) is 0.811. The molecule has 1 radical (unpaired) electrons. The zero-order chi connectivity index (χ0) is 3.58. The smallest absolute Gasteiger partial charge is 0.352 e. The molecule has 0 saturated carbocycles. The van der Waals surface area contributed by atoms with Crippen molar-refractivity contribution in [2.45, 2.75) is 0 Å². The largest absolute Gasteiger partial charge is 2.00 e. The van der Waals surface area contributed by atoms with Crippen molar-refractivity contribution in [2.75, 3.05) is 0 Å². The van der Waals surface area contributed by atoms with E-state index in [2.05, 4.69) is 11.5 Å². The summed E-state index contributed by atoms with van der Waals surface area (Å²) in [5.41, 5.74) is 8.50. The Morgan fingerprint density at radius 2 is 1.40 bits per heavy atom. The van der Waals surface area contributed by atoms with E-state index in [-0.39, 0.29) is 17.1 Å². The Bertz CT molecular complexity index is 32.6. The predicted octanol–water partition coefficient (Wildman–Crippen LogP) is -0.979. The zero-order valence-electron chi connectivity index (χ0n) is 2.36. The van der Waals surface area contributed by atoms with Gasteiger partial charge in [-0.05, 0) is 0 Å². The fraction of sp³-hybridized carbons (Fsp3) is 0. The molecule has 0 heterocycles. The van der Waals surface area contributed by atoms with Crippen molar-refractivity contribution < 1.29 is 21.9 Å². The molecule has 3 nitrogen and oxygen atoms in total. The van der Waals surface area contributed by atoms with Crippen LogP contribution in [0.15, 0.2) is 0 Å². The first-order chi connectivity index (χ1) is 1.73. The van der Waals surface area contributed by atoms with E-state index in [1.54, 1.807) is 0 Å². The second-order valence-electron chi connectivity index (χ2n) is 0.402. The van der Waals surface area contributed by atoms with Crippen molar-refractivity contribution in [3.63, 3.8) is 0 Å². The van der Waals surface area contributed by atoms with Crippen LogP contribution in [-0.2, 0) is 17.1 Å². The van der Waals surface area contributed by atoms with Gasteiger partial charge in [-0.2, -0.15) is 0 Å². The van der Waals surface area contributed by atoms with E-state index in [0.29, 0.717) is 0 Å². The number of hydrogen-bond acceptors (Lipinski definition) is 1. The molecule has 0 aromatic heterocycles. The Balaban J connectivity index is 0. The normalized spacial score (nSPS) is 4.80. The van der Waals surface area contributed by atoms with Crippen LogP contribution in [0, 0.1) is 0 Å². The molecule has 0 aliphatic heterocycles. The van der Waals surface area contributed by atoms with Crippen LogP contribution >= 0.6 is 0 Å². The number of amides is 2. The third kappa shape index (κ3) is 274. The number of hydrogen-bond donors (Lipinski definition) is 2. The minimum Gasteiger partial charge on any atom is -0.352 e. The molecule has 5 heavy (non-hydrogen) atoms. The molecule has 0 aromatic carbocycles. The summed E-state index contributed by atoms with van der Waals surface area (Å²) in [6.07, 6.45) is 0. The van der Waals surface area contributed by atoms with E-state index in [9.17, 15) is 0 Å². The molecule has 0 fully saturated rings. The van der Waals surface area contributed by atoms with Crippen LogP contribution in [0.4, 0.5) is 4.79 Å². The van der Waals surface area contributed by atoms with Crippen molar-refractivity contribution in [1.29, 1.82) is 0 Å². The maximum Gasteiger partial charge on any atom is 2.00 e. The van der Waals surface area contributed by atoms with E-state index < -0.39 is 6.03 Å². The second-order valence-corrected chi connectivity index (χ2v) is 0.402. The Kier molecular flexibility index (Phi) is 6.70. The molecule has 0 spiro atoms. The minimum absolute atomic E-state index is 0. The first-order valence-electron chi connectivity index (χ1n) is 0.781. The monoisotopic (exact) mass is 123 g/mol. The van der Waals surface area contributed by atoms with Crippen LogP contribution in [0.3, 0.4) is 0 Å². The number of rotatable bonds is 0. The van der Waals surface area contributed by atoms with Gasteiger partial charge in [-0.1, -0.05) is 0 Å². The molecule has 4 N–H and O–H groups in total. The minimum atomic E-state index is -0.833. The van der Waals surface area contributed by atoms with Crippen molar-refractivity contribution in [1.82, 2.24) is 0 Å². The molecule has 0 unspecified atom stereocenters. The summed E-state index contributed by atoms with van der Waals surface area (Å²) in [7, 11) is 0. The summed E-state index contributed by atoms with van der Waals surface area (Å²) in [4.78, 5) is 9.00. The van der Waals surface area contributed by atoms with Crippen LogP contribution in [0.25, 0.3) is 0 Å². The molecule has 0 aliphatic carbocycles. The van der Waals surface area contributed by atoms with Crippen LogP contribution in [0.5, 0.6) is 0 Å². The molecule has 0 rings (SSSR count). The van der Waals surface area contributed by atoms with E-state index in [1.165, 1.54) is 0 Å². The van der Waals surface area contributed by atoms with Gasteiger partial charge >= 0.3 is 23.1 Å². The van der Waals surface area contributed by atoms with E-state index in [4.69, 9.17) is 4.79 Å². The Morgan fingerprint density at radius 3 is 1.40 bits per heavy atom. The second kappa shape index (κ2) is 3.79. The Hall–Kier alpha value is -0.211. The third-order valence-electron chi connectivity index (χ3n) is 0. The SMILES string of the molecule is NC(N)=O.[Cu+2]. The molecule has 0 atom stereocenters. The van der Waals surface area contributed by atoms with Gasteiger partial charge in [-0.25, -0.2) is 4.79 Å². The molecule has 0 aromatic rings. The van der Waals surface area contributed by atoms with Gasteiger partial charge in [0, 0.05) is 0 Å². The molecular formula is CH4CuN2O+2. The van der Waals surface area contributed by atoms with Gasteiger partial charge < -0.3 is 11.5 Å². The van der Waals surface area contributed by atoms with E-state index in [0.717, 1.165) is 0 Å². The van der Waals surface area contributed by atoms with Gasteiger partial charge in [0.25, 0.3) is 0 Å². The summed E-state index contributed by atoms with van der Waals surface area (Å²) in [6.45, 7) is 0. The number of carbonyl (C=O) groups is 1. The van der Waals surface area contributed by atoms with Gasteiger partial charge in [0.05, 0.1) is 0 Å². The Labute approximate surface area is 40.2 Å². The number of nitrogens with two attached hydrogens (primary N) is 2. The number of primary amides is 2. The fourth-order valence-corrected chi connectivity index (χ4v) is 0. The maximum atomic E-state index is 9.00. The summed E-state index contributed by atoms with van der Waals surface area (Å²) in [5.74, 6) is 0. The molecule has 4 heteroatoms. The molecule has 0 saturated heterocycles. The van der Waals surface area contributed by atoms with Gasteiger partial charge in [0.2, 0.25) is 0 Å². The third-order valence-corrected chi connectivity index (χ3v) is 0. The van der Waals surface area contributed by atoms with Crippen LogP contribution in [-0.4, -0.2) is 6.03 Å². The molecule has 0 aliphatic rings. The Morgan fingerprint density at radius 1 is 1.40 bits per heavy atom. The summed E-state index contributed by atoms with van der Waals surface area (Å²) in [5, 5.41) is 0. The van der Waals surface area contributed by atoms with Crippen LogP contribution in [0.1, 0.15) is 0 Å². The zero-order valence-corrected chi connectivity index (χ0v) is 3.31. The van der Waals surface area contributed by atoms with Gasteiger partial charge in [0.15, 0.2) is 0 Å². The number of carbonyl (C=O) groups excluding carboxylic acids is 1. The van der Waals surface area contributed by atoms with Crippen molar-refractivity contribution in [2.24, 2.45) is 11.5 Å². The van der Waals surface area contributed by atoms with Crippen LogP contribution in [0.2, 0.25) is 0 Å². The van der Waals surface area contributed by atoms with Crippen molar-refractivity contribution in [3.8, 4) is 0 Å². The van der Waals surface area contributed by atoms with Gasteiger partial charge in [-0.15, -0.1) is 0 Å². The molecule has 2 amide bonds. The maximum absolute atomic E-state index is 9.00. The van der Waals surface area contributed by atoms with Gasteiger partial charge in [0.1, 0.15) is 0 Å². The summed E-state index contributed by atoms with van der Waals surface area (Å²) < 4.78 is 0. The van der Waals surface area contributed by atoms with E-state index in [1.807, 2.05) is 0 Å². The summed E-state index contributed by atoms with van der Waals surface area (Å²) >= 11 is 0. The molecule has 0 bridgehead atoms. The molecular weight excluding hydrogens is 120 g/mol. The standard InChI is InChI=1S/CH4N2O.Cu/c2-1(3)4;/h(H4,2,3,4);/q;+2. The summed E-state index contributed by atoms with van der Waals surface area (Å²) in [6, 6.07) is -0.833. The van der Waals surface area contributed by atoms with Gasteiger partial charge in [-0.3, -0.25) is 0 Å². The first kappa shape index (κ1) is 8.84. The predicted molar refractivity (Wildman–Crippen MR) is 13.8 cm³/mol. The fourth-order valence-electron chi connectivity index (χ4n) is 0. The topological polar surface area (TPSA) is 69.1 Å². The first-order valence-corrected chi connectivity index (χ1v) is 0.781. The van der Waals surface area contributed by atoms with E-state index >= 15 is 0 Å². The van der Waals surface area contributed by atoms with Crippen molar-refractivity contribution >= 4 is 6.03 Å². The van der Waals surface area contributed by atoms with Crippen molar-refractivity contribution in [3.05, 3.63) is 0 Å². The number of urea groups is 1. The quantitative estimate of drug-likeness (QED) is 0.400.